The number of hydrogen-bond acceptors (Lipinski definition) is 5. The Bertz CT molecular complexity index is 339. The molecule has 0 bridgehead atoms. The van der Waals surface area contributed by atoms with Gasteiger partial charge in [0.25, 0.3) is 0 Å². The van der Waals surface area contributed by atoms with E-state index in [2.05, 4.69) is 55.0 Å². The molecule has 0 amide bonds. The van der Waals surface area contributed by atoms with Crippen LogP contribution in [0.4, 0.5) is 6.01 Å². The van der Waals surface area contributed by atoms with E-state index in [1.165, 1.54) is 0 Å². The lowest BCUT2D eigenvalue weighted by atomic mass is 10.1. The van der Waals surface area contributed by atoms with E-state index in [-0.39, 0.29) is 0 Å². The molecule has 1 N–H and O–H groups in total. The van der Waals surface area contributed by atoms with Crippen LogP contribution in [0.3, 0.4) is 0 Å². The standard InChI is InChI=1S/C14H28N4O/c1-6-7-15-8-13-16-17-14(19-13)18(9-11(2)3)10-12(4)5/h11-12,15H,6-10H2,1-5H3. The number of hydrogen-bond donors (Lipinski definition) is 1. The van der Waals surface area contributed by atoms with E-state index in [0.29, 0.717) is 30.3 Å². The number of rotatable bonds is 9. The summed E-state index contributed by atoms with van der Waals surface area (Å²) in [6.45, 7) is 14.5. The molecule has 1 heterocycles. The van der Waals surface area contributed by atoms with Crippen molar-refractivity contribution < 1.29 is 4.42 Å². The second-order valence-electron chi connectivity index (χ2n) is 5.85. The normalized spacial score (nSPS) is 11.5. The highest BCUT2D eigenvalue weighted by Crippen LogP contribution is 2.16. The van der Waals surface area contributed by atoms with E-state index in [1.54, 1.807) is 0 Å². The molecule has 110 valence electrons. The second-order valence-corrected chi connectivity index (χ2v) is 5.85. The summed E-state index contributed by atoms with van der Waals surface area (Å²) in [6.07, 6.45) is 1.10. The van der Waals surface area contributed by atoms with E-state index in [9.17, 15) is 0 Å². The lowest BCUT2D eigenvalue weighted by Crippen LogP contribution is -2.31. The van der Waals surface area contributed by atoms with E-state index in [4.69, 9.17) is 4.42 Å². The van der Waals surface area contributed by atoms with Crippen molar-refractivity contribution in [1.29, 1.82) is 0 Å². The smallest absolute Gasteiger partial charge is 0.318 e. The van der Waals surface area contributed by atoms with Crippen LogP contribution in [0.5, 0.6) is 0 Å². The first-order valence-electron chi connectivity index (χ1n) is 7.31. The third kappa shape index (κ3) is 6.05. The van der Waals surface area contributed by atoms with Gasteiger partial charge in [0.2, 0.25) is 5.89 Å². The summed E-state index contributed by atoms with van der Waals surface area (Å²) >= 11 is 0. The molecule has 0 saturated heterocycles. The number of aromatic nitrogens is 2. The Morgan fingerprint density at radius 3 is 2.26 bits per heavy atom. The van der Waals surface area contributed by atoms with Gasteiger partial charge in [-0.2, -0.15) is 0 Å². The predicted octanol–water partition coefficient (Wildman–Crippen LogP) is 2.69. The zero-order valence-electron chi connectivity index (χ0n) is 12.9. The molecular formula is C14H28N4O. The Hall–Kier alpha value is -1.10. The van der Waals surface area contributed by atoms with Crippen molar-refractivity contribution in [3.05, 3.63) is 5.89 Å². The van der Waals surface area contributed by atoms with Gasteiger partial charge < -0.3 is 14.6 Å². The van der Waals surface area contributed by atoms with Gasteiger partial charge in [-0.25, -0.2) is 0 Å². The maximum Gasteiger partial charge on any atom is 0.318 e. The highest BCUT2D eigenvalue weighted by atomic mass is 16.4. The van der Waals surface area contributed by atoms with Crippen LogP contribution in [0.15, 0.2) is 4.42 Å². The van der Waals surface area contributed by atoms with Crippen molar-refractivity contribution in [1.82, 2.24) is 15.5 Å². The molecule has 0 aromatic carbocycles. The average molecular weight is 268 g/mol. The molecule has 0 saturated carbocycles. The molecule has 0 aliphatic rings. The van der Waals surface area contributed by atoms with Gasteiger partial charge in [0.05, 0.1) is 6.54 Å². The van der Waals surface area contributed by atoms with Crippen molar-refractivity contribution in [2.75, 3.05) is 24.5 Å². The van der Waals surface area contributed by atoms with Crippen LogP contribution >= 0.6 is 0 Å². The molecule has 1 aromatic heterocycles. The van der Waals surface area contributed by atoms with Crippen LogP contribution in [0.2, 0.25) is 0 Å². The summed E-state index contributed by atoms with van der Waals surface area (Å²) < 4.78 is 5.74. The molecule has 0 spiro atoms. The largest absolute Gasteiger partial charge is 0.407 e. The van der Waals surface area contributed by atoms with E-state index in [0.717, 1.165) is 26.1 Å². The first-order chi connectivity index (χ1) is 9.02. The maximum absolute atomic E-state index is 5.74. The maximum atomic E-state index is 5.74. The molecule has 5 nitrogen and oxygen atoms in total. The van der Waals surface area contributed by atoms with Gasteiger partial charge in [-0.05, 0) is 24.8 Å². The van der Waals surface area contributed by atoms with Gasteiger partial charge in [-0.15, -0.1) is 5.10 Å². The molecule has 5 heteroatoms. The van der Waals surface area contributed by atoms with E-state index in [1.807, 2.05) is 0 Å². The number of anilines is 1. The minimum atomic E-state index is 0.576. The van der Waals surface area contributed by atoms with Gasteiger partial charge in [-0.3, -0.25) is 0 Å². The lowest BCUT2D eigenvalue weighted by Gasteiger charge is -2.23. The zero-order valence-corrected chi connectivity index (χ0v) is 12.9. The third-order valence-electron chi connectivity index (χ3n) is 2.60. The van der Waals surface area contributed by atoms with Crippen molar-refractivity contribution in [3.63, 3.8) is 0 Å². The van der Waals surface area contributed by atoms with Gasteiger partial charge in [0, 0.05) is 13.1 Å². The van der Waals surface area contributed by atoms with Crippen LogP contribution in [-0.4, -0.2) is 29.8 Å². The monoisotopic (exact) mass is 268 g/mol. The second kappa shape index (κ2) is 8.15. The molecule has 1 rings (SSSR count). The van der Waals surface area contributed by atoms with Crippen molar-refractivity contribution in [2.24, 2.45) is 11.8 Å². The Morgan fingerprint density at radius 1 is 1.11 bits per heavy atom. The fraction of sp³-hybridized carbons (Fsp3) is 0.857. The minimum absolute atomic E-state index is 0.576. The Labute approximate surface area is 116 Å². The summed E-state index contributed by atoms with van der Waals surface area (Å²) in [7, 11) is 0. The first-order valence-corrected chi connectivity index (χ1v) is 7.31. The fourth-order valence-electron chi connectivity index (χ4n) is 1.93. The average Bonchev–Trinajstić information content (AvgIpc) is 2.76. The summed E-state index contributed by atoms with van der Waals surface area (Å²) in [4.78, 5) is 2.19. The highest BCUT2D eigenvalue weighted by Gasteiger charge is 2.16. The van der Waals surface area contributed by atoms with Crippen LogP contribution in [0.1, 0.15) is 46.9 Å². The minimum Gasteiger partial charge on any atom is -0.407 e. The molecule has 0 radical (unpaired) electrons. The van der Waals surface area contributed by atoms with Gasteiger partial charge in [0.1, 0.15) is 0 Å². The van der Waals surface area contributed by atoms with Crippen molar-refractivity contribution in [2.45, 2.75) is 47.6 Å². The molecular weight excluding hydrogens is 240 g/mol. The quantitative estimate of drug-likeness (QED) is 0.698. The fourth-order valence-corrected chi connectivity index (χ4v) is 1.93. The van der Waals surface area contributed by atoms with Gasteiger partial charge >= 0.3 is 6.01 Å². The number of nitrogens with zero attached hydrogens (tertiary/aromatic N) is 3. The molecule has 0 fully saturated rings. The molecule has 0 atom stereocenters. The van der Waals surface area contributed by atoms with Crippen molar-refractivity contribution in [3.8, 4) is 0 Å². The summed E-state index contributed by atoms with van der Waals surface area (Å²) in [5.74, 6) is 1.82. The summed E-state index contributed by atoms with van der Waals surface area (Å²) in [5, 5.41) is 11.5. The topological polar surface area (TPSA) is 54.2 Å². The van der Waals surface area contributed by atoms with Gasteiger partial charge in [0.15, 0.2) is 0 Å². The molecule has 0 aliphatic carbocycles. The molecule has 0 aliphatic heterocycles. The highest BCUT2D eigenvalue weighted by molar-refractivity contribution is 5.24. The summed E-state index contributed by atoms with van der Waals surface area (Å²) in [5.41, 5.74) is 0. The SMILES string of the molecule is CCCNCc1nnc(N(CC(C)C)CC(C)C)o1. The van der Waals surface area contributed by atoms with Crippen LogP contribution in [0, 0.1) is 11.8 Å². The lowest BCUT2D eigenvalue weighted by molar-refractivity contribution is 0.441. The molecule has 1 aromatic rings. The number of nitrogens with one attached hydrogen (secondary N) is 1. The Kier molecular flexibility index (Phi) is 6.84. The van der Waals surface area contributed by atoms with Crippen molar-refractivity contribution >= 4 is 6.01 Å². The van der Waals surface area contributed by atoms with Crippen LogP contribution < -0.4 is 10.2 Å². The molecule has 0 unspecified atom stereocenters. The van der Waals surface area contributed by atoms with E-state index >= 15 is 0 Å². The summed E-state index contributed by atoms with van der Waals surface area (Å²) in [6, 6.07) is 0.649. The first kappa shape index (κ1) is 16.0. The Balaban J connectivity index is 2.62. The van der Waals surface area contributed by atoms with Crippen LogP contribution in [0.25, 0.3) is 0 Å². The third-order valence-corrected chi connectivity index (χ3v) is 2.60. The zero-order chi connectivity index (χ0) is 14.3. The molecule has 19 heavy (non-hydrogen) atoms. The van der Waals surface area contributed by atoms with E-state index < -0.39 is 0 Å². The van der Waals surface area contributed by atoms with Gasteiger partial charge in [-0.1, -0.05) is 39.7 Å². The predicted molar refractivity (Wildman–Crippen MR) is 78.2 cm³/mol. The Morgan fingerprint density at radius 2 is 1.74 bits per heavy atom. The van der Waals surface area contributed by atoms with Crippen LogP contribution in [-0.2, 0) is 6.54 Å².